The van der Waals surface area contributed by atoms with E-state index in [-0.39, 0.29) is 0 Å². The van der Waals surface area contributed by atoms with E-state index < -0.39 is 33.8 Å². The second-order valence-corrected chi connectivity index (χ2v) is 6.76. The highest BCUT2D eigenvalue weighted by Gasteiger charge is 2.47. The zero-order valence-corrected chi connectivity index (χ0v) is 10.4. The number of hydrogen-bond acceptors (Lipinski definition) is 4. The number of rotatable bonds is 3. The summed E-state index contributed by atoms with van der Waals surface area (Å²) in [6.07, 6.45) is -0.0720. The van der Waals surface area contributed by atoms with Gasteiger partial charge in [0, 0.05) is 0 Å². The van der Waals surface area contributed by atoms with Crippen LogP contribution in [0.3, 0.4) is 0 Å². The molecule has 0 aromatic rings. The number of ether oxygens (including phenoxy) is 1. The minimum Gasteiger partial charge on any atom is -0.417 e. The van der Waals surface area contributed by atoms with Crippen LogP contribution in [0, 0.1) is 0 Å². The quantitative estimate of drug-likeness (QED) is 0.767. The standard InChI is InChI=1S/C9H16FNO4S/c1-9(2,3)11(8(12)15-6-10)16(13,14)7-4-5-7/h7H,4-6H2,1-3H3. The summed E-state index contributed by atoms with van der Waals surface area (Å²) in [4.78, 5) is 11.5. The molecule has 5 nitrogen and oxygen atoms in total. The van der Waals surface area contributed by atoms with E-state index in [1.165, 1.54) is 0 Å². The Kier molecular flexibility index (Phi) is 3.47. The van der Waals surface area contributed by atoms with Crippen LogP contribution >= 0.6 is 0 Å². The van der Waals surface area contributed by atoms with Crippen LogP contribution < -0.4 is 0 Å². The van der Waals surface area contributed by atoms with Crippen molar-refractivity contribution in [1.29, 1.82) is 0 Å². The molecule has 1 rings (SSSR count). The fourth-order valence-corrected chi connectivity index (χ4v) is 3.43. The zero-order valence-electron chi connectivity index (χ0n) is 9.57. The summed E-state index contributed by atoms with van der Waals surface area (Å²) in [7, 11) is -3.71. The van der Waals surface area contributed by atoms with Crippen molar-refractivity contribution < 1.29 is 22.3 Å². The maximum Gasteiger partial charge on any atom is 0.426 e. The maximum absolute atomic E-state index is 12.0. The van der Waals surface area contributed by atoms with E-state index in [9.17, 15) is 17.6 Å². The highest BCUT2D eigenvalue weighted by molar-refractivity contribution is 7.90. The number of hydrogen-bond donors (Lipinski definition) is 0. The van der Waals surface area contributed by atoms with Gasteiger partial charge in [-0.15, -0.1) is 0 Å². The molecule has 1 aliphatic rings. The average molecular weight is 253 g/mol. The van der Waals surface area contributed by atoms with Gasteiger partial charge in [-0.3, -0.25) is 0 Å². The third-order valence-electron chi connectivity index (χ3n) is 2.15. The van der Waals surface area contributed by atoms with Crippen molar-refractivity contribution >= 4 is 16.1 Å². The Balaban J connectivity index is 3.01. The Hall–Kier alpha value is -0.850. The highest BCUT2D eigenvalue weighted by Crippen LogP contribution is 2.34. The van der Waals surface area contributed by atoms with Gasteiger partial charge in [0.2, 0.25) is 16.9 Å². The smallest absolute Gasteiger partial charge is 0.417 e. The second kappa shape index (κ2) is 4.20. The molecule has 16 heavy (non-hydrogen) atoms. The third kappa shape index (κ3) is 2.63. The maximum atomic E-state index is 12.0. The first-order valence-electron chi connectivity index (χ1n) is 4.98. The van der Waals surface area contributed by atoms with Gasteiger partial charge in [-0.05, 0) is 33.6 Å². The summed E-state index contributed by atoms with van der Waals surface area (Å²) in [6, 6.07) is 0. The van der Waals surface area contributed by atoms with E-state index in [2.05, 4.69) is 4.74 Å². The Labute approximate surface area is 94.6 Å². The summed E-state index contributed by atoms with van der Waals surface area (Å²) in [5, 5.41) is -0.529. The van der Waals surface area contributed by atoms with Gasteiger partial charge in [-0.1, -0.05) is 0 Å². The SMILES string of the molecule is CC(C)(C)N(C(=O)OCF)S(=O)(=O)C1CC1. The van der Waals surface area contributed by atoms with Crippen molar-refractivity contribution in [3.05, 3.63) is 0 Å². The van der Waals surface area contributed by atoms with Crippen LogP contribution in [0.15, 0.2) is 0 Å². The molecule has 0 aromatic carbocycles. The van der Waals surface area contributed by atoms with Crippen molar-refractivity contribution in [2.75, 3.05) is 6.86 Å². The minimum absolute atomic E-state index is 0.529. The fraction of sp³-hybridized carbons (Fsp3) is 0.889. The molecule has 0 aliphatic heterocycles. The van der Waals surface area contributed by atoms with Crippen LogP contribution in [0.2, 0.25) is 0 Å². The van der Waals surface area contributed by atoms with Gasteiger partial charge >= 0.3 is 6.09 Å². The summed E-state index contributed by atoms with van der Waals surface area (Å²) < 4.78 is 40.6. The lowest BCUT2D eigenvalue weighted by Crippen LogP contribution is -2.50. The van der Waals surface area contributed by atoms with E-state index in [0.29, 0.717) is 17.1 Å². The van der Waals surface area contributed by atoms with E-state index in [4.69, 9.17) is 0 Å². The Morgan fingerprint density at radius 3 is 2.25 bits per heavy atom. The number of halogens is 1. The second-order valence-electron chi connectivity index (χ2n) is 4.70. The molecule has 94 valence electrons. The predicted octanol–water partition coefficient (Wildman–Crippen LogP) is 1.64. The zero-order chi connectivity index (χ0) is 12.6. The van der Waals surface area contributed by atoms with Crippen molar-refractivity contribution in [3.8, 4) is 0 Å². The number of carbonyl (C=O) groups excluding carboxylic acids is 1. The van der Waals surface area contributed by atoms with Gasteiger partial charge in [0.05, 0.1) is 10.8 Å². The first-order valence-corrected chi connectivity index (χ1v) is 6.48. The Morgan fingerprint density at radius 1 is 1.44 bits per heavy atom. The summed E-state index contributed by atoms with van der Waals surface area (Å²) in [5.74, 6) is 0. The van der Waals surface area contributed by atoms with Crippen molar-refractivity contribution in [1.82, 2.24) is 4.31 Å². The van der Waals surface area contributed by atoms with Gasteiger partial charge in [0.15, 0.2) is 0 Å². The first kappa shape index (κ1) is 13.2. The van der Waals surface area contributed by atoms with Gasteiger partial charge in [-0.2, -0.15) is 4.31 Å². The molecule has 0 radical (unpaired) electrons. The van der Waals surface area contributed by atoms with Crippen LogP contribution in [0.25, 0.3) is 0 Å². The van der Waals surface area contributed by atoms with Crippen molar-refractivity contribution in [3.63, 3.8) is 0 Å². The largest absolute Gasteiger partial charge is 0.426 e. The fourth-order valence-electron chi connectivity index (χ4n) is 1.38. The molecule has 0 unspecified atom stereocenters. The van der Waals surface area contributed by atoms with E-state index >= 15 is 0 Å². The molecule has 0 saturated heterocycles. The van der Waals surface area contributed by atoms with Gasteiger partial charge in [0.25, 0.3) is 0 Å². The average Bonchev–Trinajstić information content (AvgIpc) is 2.81. The minimum atomic E-state index is -3.71. The lowest BCUT2D eigenvalue weighted by Gasteiger charge is -2.33. The topological polar surface area (TPSA) is 63.7 Å². The summed E-state index contributed by atoms with van der Waals surface area (Å²) >= 11 is 0. The molecular formula is C9H16FNO4S. The predicted molar refractivity (Wildman–Crippen MR) is 56.0 cm³/mol. The number of amides is 1. The highest BCUT2D eigenvalue weighted by atomic mass is 32.2. The van der Waals surface area contributed by atoms with Crippen LogP contribution in [0.5, 0.6) is 0 Å². The van der Waals surface area contributed by atoms with E-state index in [1.54, 1.807) is 20.8 Å². The normalized spacial score (nSPS) is 17.0. The molecule has 1 aliphatic carbocycles. The molecule has 0 N–H and O–H groups in total. The molecule has 0 atom stereocenters. The Bertz CT molecular complexity index is 369. The van der Waals surface area contributed by atoms with Crippen molar-refractivity contribution in [2.24, 2.45) is 0 Å². The van der Waals surface area contributed by atoms with Gasteiger partial charge < -0.3 is 4.74 Å². The molecular weight excluding hydrogens is 237 g/mol. The lowest BCUT2D eigenvalue weighted by atomic mass is 10.1. The molecule has 1 amide bonds. The first-order chi connectivity index (χ1) is 7.21. The Morgan fingerprint density at radius 2 is 1.94 bits per heavy atom. The summed E-state index contributed by atoms with van der Waals surface area (Å²) in [5.41, 5.74) is -0.951. The third-order valence-corrected chi connectivity index (χ3v) is 4.67. The van der Waals surface area contributed by atoms with E-state index in [1.807, 2.05) is 0 Å². The van der Waals surface area contributed by atoms with E-state index in [0.717, 1.165) is 0 Å². The summed E-state index contributed by atoms with van der Waals surface area (Å²) in [6.45, 7) is 3.36. The molecule has 1 fully saturated rings. The molecule has 0 spiro atoms. The molecule has 1 saturated carbocycles. The molecule has 0 aromatic heterocycles. The number of alkyl halides is 1. The van der Waals surface area contributed by atoms with Crippen LogP contribution in [0.4, 0.5) is 9.18 Å². The van der Waals surface area contributed by atoms with Crippen LogP contribution in [-0.4, -0.2) is 36.5 Å². The number of carbonyl (C=O) groups is 1. The number of sulfonamides is 1. The van der Waals surface area contributed by atoms with Crippen molar-refractivity contribution in [2.45, 2.75) is 44.4 Å². The lowest BCUT2D eigenvalue weighted by molar-refractivity contribution is 0.0678. The number of nitrogens with zero attached hydrogens (tertiary/aromatic N) is 1. The monoisotopic (exact) mass is 253 g/mol. The van der Waals surface area contributed by atoms with Crippen LogP contribution in [0.1, 0.15) is 33.6 Å². The molecule has 0 heterocycles. The molecule has 0 bridgehead atoms. The van der Waals surface area contributed by atoms with Gasteiger partial charge in [-0.25, -0.2) is 17.6 Å². The van der Waals surface area contributed by atoms with Gasteiger partial charge in [0.1, 0.15) is 0 Å². The molecule has 7 heteroatoms. The van der Waals surface area contributed by atoms with Crippen LogP contribution in [-0.2, 0) is 14.8 Å².